The van der Waals surface area contributed by atoms with Crippen LogP contribution in [0, 0.1) is 0 Å². The average molecular weight is 175 g/mol. The van der Waals surface area contributed by atoms with Gasteiger partial charge in [-0.2, -0.15) is 0 Å². The van der Waals surface area contributed by atoms with Gasteiger partial charge in [0.25, 0.3) is 0 Å². The minimum Gasteiger partial charge on any atom is -0.324 e. The van der Waals surface area contributed by atoms with E-state index in [1.807, 2.05) is 6.08 Å². The molecule has 1 nitrogen and oxygen atoms in total. The SMILES string of the molecule is C=Cc1ccc(C(N)CCC)cc1. The molecule has 0 bridgehead atoms. The van der Waals surface area contributed by atoms with Crippen molar-refractivity contribution < 1.29 is 0 Å². The highest BCUT2D eigenvalue weighted by Crippen LogP contribution is 2.16. The van der Waals surface area contributed by atoms with E-state index in [0.717, 1.165) is 18.4 Å². The largest absolute Gasteiger partial charge is 0.324 e. The summed E-state index contributed by atoms with van der Waals surface area (Å²) in [6.45, 7) is 5.86. The molecule has 2 N–H and O–H groups in total. The maximum atomic E-state index is 5.97. The number of hydrogen-bond acceptors (Lipinski definition) is 1. The average Bonchev–Trinajstić information content (AvgIpc) is 2.18. The fraction of sp³-hybridized carbons (Fsp3) is 0.333. The summed E-state index contributed by atoms with van der Waals surface area (Å²) in [5.41, 5.74) is 8.33. The molecule has 1 rings (SSSR count). The van der Waals surface area contributed by atoms with E-state index in [2.05, 4.69) is 37.8 Å². The molecule has 0 saturated carbocycles. The van der Waals surface area contributed by atoms with Crippen LogP contribution < -0.4 is 5.73 Å². The topological polar surface area (TPSA) is 26.0 Å². The van der Waals surface area contributed by atoms with Crippen LogP contribution in [-0.4, -0.2) is 0 Å². The fourth-order valence-corrected chi connectivity index (χ4v) is 1.36. The predicted octanol–water partition coefficient (Wildman–Crippen LogP) is 3.13. The zero-order valence-corrected chi connectivity index (χ0v) is 8.16. The third-order valence-electron chi connectivity index (χ3n) is 2.20. The van der Waals surface area contributed by atoms with Gasteiger partial charge in [-0.1, -0.05) is 50.3 Å². The molecule has 0 aliphatic carbocycles. The van der Waals surface area contributed by atoms with Gasteiger partial charge in [0.15, 0.2) is 0 Å². The molecule has 0 amide bonds. The first-order valence-corrected chi connectivity index (χ1v) is 4.76. The summed E-state index contributed by atoms with van der Waals surface area (Å²) in [6, 6.07) is 8.45. The highest BCUT2D eigenvalue weighted by molar-refractivity contribution is 5.47. The Morgan fingerprint density at radius 1 is 1.38 bits per heavy atom. The summed E-state index contributed by atoms with van der Waals surface area (Å²) in [4.78, 5) is 0. The summed E-state index contributed by atoms with van der Waals surface area (Å²) < 4.78 is 0. The Bertz CT molecular complexity index is 261. The van der Waals surface area contributed by atoms with Crippen LogP contribution in [0.25, 0.3) is 6.08 Å². The number of benzene rings is 1. The van der Waals surface area contributed by atoms with Crippen molar-refractivity contribution in [1.82, 2.24) is 0 Å². The van der Waals surface area contributed by atoms with Crippen LogP contribution in [0.4, 0.5) is 0 Å². The van der Waals surface area contributed by atoms with Crippen molar-refractivity contribution in [2.24, 2.45) is 5.73 Å². The zero-order valence-electron chi connectivity index (χ0n) is 8.16. The van der Waals surface area contributed by atoms with Crippen molar-refractivity contribution in [3.05, 3.63) is 42.0 Å². The Labute approximate surface area is 80.3 Å². The molecular formula is C12H17N. The van der Waals surface area contributed by atoms with Gasteiger partial charge in [-0.15, -0.1) is 0 Å². The molecule has 0 fully saturated rings. The normalized spacial score (nSPS) is 12.5. The van der Waals surface area contributed by atoms with Crippen LogP contribution in [-0.2, 0) is 0 Å². The quantitative estimate of drug-likeness (QED) is 0.747. The van der Waals surface area contributed by atoms with Crippen molar-refractivity contribution in [1.29, 1.82) is 0 Å². The lowest BCUT2D eigenvalue weighted by Crippen LogP contribution is -2.09. The molecule has 0 heterocycles. The van der Waals surface area contributed by atoms with Crippen LogP contribution in [0.1, 0.15) is 36.9 Å². The van der Waals surface area contributed by atoms with Crippen molar-refractivity contribution in [2.45, 2.75) is 25.8 Å². The number of hydrogen-bond donors (Lipinski definition) is 1. The summed E-state index contributed by atoms with van der Waals surface area (Å²) in [6.07, 6.45) is 4.02. The van der Waals surface area contributed by atoms with Crippen LogP contribution in [0.5, 0.6) is 0 Å². The molecule has 1 aromatic rings. The molecule has 70 valence electrons. The minimum atomic E-state index is 0.184. The molecule has 0 spiro atoms. The second-order valence-electron chi connectivity index (χ2n) is 3.27. The van der Waals surface area contributed by atoms with E-state index in [1.165, 1.54) is 5.56 Å². The van der Waals surface area contributed by atoms with Crippen LogP contribution in [0.3, 0.4) is 0 Å². The fourth-order valence-electron chi connectivity index (χ4n) is 1.36. The molecule has 0 saturated heterocycles. The smallest absolute Gasteiger partial charge is 0.0294 e. The maximum absolute atomic E-state index is 5.97. The van der Waals surface area contributed by atoms with Gasteiger partial charge in [0.1, 0.15) is 0 Å². The lowest BCUT2D eigenvalue weighted by molar-refractivity contribution is 0.638. The van der Waals surface area contributed by atoms with E-state index in [4.69, 9.17) is 5.73 Å². The van der Waals surface area contributed by atoms with E-state index in [-0.39, 0.29) is 6.04 Å². The molecule has 0 radical (unpaired) electrons. The van der Waals surface area contributed by atoms with Crippen LogP contribution in [0.2, 0.25) is 0 Å². The highest BCUT2D eigenvalue weighted by Gasteiger charge is 2.02. The van der Waals surface area contributed by atoms with Gasteiger partial charge >= 0.3 is 0 Å². The van der Waals surface area contributed by atoms with Gasteiger partial charge < -0.3 is 5.73 Å². The molecule has 1 heteroatoms. The third-order valence-corrected chi connectivity index (χ3v) is 2.20. The van der Waals surface area contributed by atoms with Crippen LogP contribution in [0.15, 0.2) is 30.8 Å². The van der Waals surface area contributed by atoms with Gasteiger partial charge in [0.2, 0.25) is 0 Å². The van der Waals surface area contributed by atoms with Gasteiger partial charge in [-0.25, -0.2) is 0 Å². The van der Waals surface area contributed by atoms with Gasteiger partial charge in [-0.3, -0.25) is 0 Å². The third kappa shape index (κ3) is 2.71. The summed E-state index contributed by atoms with van der Waals surface area (Å²) in [7, 11) is 0. The van der Waals surface area contributed by atoms with Crippen molar-refractivity contribution in [3.63, 3.8) is 0 Å². The highest BCUT2D eigenvalue weighted by atomic mass is 14.6. The van der Waals surface area contributed by atoms with E-state index in [1.54, 1.807) is 0 Å². The van der Waals surface area contributed by atoms with Crippen LogP contribution >= 0.6 is 0 Å². The molecule has 13 heavy (non-hydrogen) atoms. The monoisotopic (exact) mass is 175 g/mol. The predicted molar refractivity (Wildman–Crippen MR) is 58.4 cm³/mol. The standard InChI is InChI=1S/C12H17N/c1-3-5-12(13)11-8-6-10(4-2)7-9-11/h4,6-9,12H,2-3,5,13H2,1H3. The van der Waals surface area contributed by atoms with E-state index in [9.17, 15) is 0 Å². The van der Waals surface area contributed by atoms with Gasteiger partial charge in [0.05, 0.1) is 0 Å². The molecule has 1 unspecified atom stereocenters. The number of nitrogens with two attached hydrogens (primary N) is 1. The molecular weight excluding hydrogens is 158 g/mol. The zero-order chi connectivity index (χ0) is 9.68. The molecule has 0 aromatic heterocycles. The lowest BCUT2D eigenvalue weighted by Gasteiger charge is -2.10. The van der Waals surface area contributed by atoms with Crippen molar-refractivity contribution in [2.75, 3.05) is 0 Å². The summed E-state index contributed by atoms with van der Waals surface area (Å²) >= 11 is 0. The second-order valence-corrected chi connectivity index (χ2v) is 3.27. The van der Waals surface area contributed by atoms with Gasteiger partial charge in [0, 0.05) is 6.04 Å². The molecule has 1 atom stereocenters. The Morgan fingerprint density at radius 3 is 2.46 bits per heavy atom. The Balaban J connectivity index is 2.73. The van der Waals surface area contributed by atoms with E-state index >= 15 is 0 Å². The molecule has 0 aliphatic heterocycles. The second kappa shape index (κ2) is 4.83. The van der Waals surface area contributed by atoms with Crippen molar-refractivity contribution in [3.8, 4) is 0 Å². The van der Waals surface area contributed by atoms with Crippen molar-refractivity contribution >= 4 is 6.08 Å². The molecule has 1 aromatic carbocycles. The maximum Gasteiger partial charge on any atom is 0.0294 e. The molecule has 0 aliphatic rings. The summed E-state index contributed by atoms with van der Waals surface area (Å²) in [5.74, 6) is 0. The first-order valence-electron chi connectivity index (χ1n) is 4.76. The first kappa shape index (κ1) is 10.0. The first-order chi connectivity index (χ1) is 6.27. The Hall–Kier alpha value is -1.08. The lowest BCUT2D eigenvalue weighted by atomic mass is 10.0. The Kier molecular flexibility index (Phi) is 3.71. The number of rotatable bonds is 4. The minimum absolute atomic E-state index is 0.184. The van der Waals surface area contributed by atoms with Gasteiger partial charge in [-0.05, 0) is 17.5 Å². The van der Waals surface area contributed by atoms with E-state index in [0.29, 0.717) is 0 Å². The Morgan fingerprint density at radius 2 is 2.00 bits per heavy atom. The van der Waals surface area contributed by atoms with E-state index < -0.39 is 0 Å². The summed E-state index contributed by atoms with van der Waals surface area (Å²) in [5, 5.41) is 0.